The van der Waals surface area contributed by atoms with Gasteiger partial charge in [0.25, 0.3) is 0 Å². The molecule has 1 aromatic heterocycles. The van der Waals surface area contributed by atoms with Gasteiger partial charge in [-0.25, -0.2) is 0 Å². The first-order chi connectivity index (χ1) is 6.83. The lowest BCUT2D eigenvalue weighted by molar-refractivity contribution is -0.274. The Morgan fingerprint density at radius 1 is 1.47 bits per heavy atom. The van der Waals surface area contributed by atoms with Gasteiger partial charge in [-0.2, -0.15) is 0 Å². The van der Waals surface area contributed by atoms with Crippen LogP contribution < -0.4 is 21.8 Å². The zero-order chi connectivity index (χ0) is 11.6. The van der Waals surface area contributed by atoms with E-state index in [9.17, 15) is 18.0 Å². The van der Waals surface area contributed by atoms with Gasteiger partial charge in [-0.15, -0.1) is 13.2 Å². The predicted octanol–water partition coefficient (Wildman–Crippen LogP) is 0.314. The lowest BCUT2D eigenvalue weighted by atomic mass is 10.2. The normalized spacial score (nSPS) is 11.5. The van der Waals surface area contributed by atoms with Crippen LogP contribution in [0.5, 0.6) is 5.75 Å². The number of anilines is 1. The third kappa shape index (κ3) is 2.88. The molecule has 0 saturated carbocycles. The van der Waals surface area contributed by atoms with Crippen molar-refractivity contribution >= 4 is 5.82 Å². The molecule has 0 bridgehead atoms. The molecular formula is C7H8F3N3O2. The topological polar surface area (TPSA) is 94.1 Å². The standard InChI is InChI=1S/C7H8F3N3O2/c8-7(9,10)15-5-3(2-11)1-4(14)13-6(5)12/h1H,2,11H2,(H3,12,13,14). The van der Waals surface area contributed by atoms with Crippen LogP contribution in [0.4, 0.5) is 19.0 Å². The van der Waals surface area contributed by atoms with E-state index in [2.05, 4.69) is 4.74 Å². The third-order valence-electron chi connectivity index (χ3n) is 1.54. The highest BCUT2D eigenvalue weighted by Gasteiger charge is 2.33. The molecule has 0 saturated heterocycles. The van der Waals surface area contributed by atoms with Gasteiger partial charge >= 0.3 is 6.36 Å². The molecule has 84 valence electrons. The second-order valence-electron chi connectivity index (χ2n) is 2.65. The number of rotatable bonds is 2. The summed E-state index contributed by atoms with van der Waals surface area (Å²) in [5.74, 6) is -1.16. The number of nitrogen functional groups attached to an aromatic ring is 1. The van der Waals surface area contributed by atoms with Crippen molar-refractivity contribution in [2.45, 2.75) is 12.9 Å². The van der Waals surface area contributed by atoms with Crippen LogP contribution in [0.1, 0.15) is 5.56 Å². The first-order valence-corrected chi connectivity index (χ1v) is 3.81. The highest BCUT2D eigenvalue weighted by atomic mass is 19.4. The molecule has 1 heterocycles. The van der Waals surface area contributed by atoms with Crippen LogP contribution in [-0.2, 0) is 6.54 Å². The highest BCUT2D eigenvalue weighted by Crippen LogP contribution is 2.29. The molecule has 0 spiro atoms. The number of ether oxygens (including phenoxy) is 1. The Morgan fingerprint density at radius 2 is 2.07 bits per heavy atom. The summed E-state index contributed by atoms with van der Waals surface area (Å²) in [6, 6.07) is 0.900. The Kier molecular flexibility index (Phi) is 2.89. The Balaban J connectivity index is 3.21. The van der Waals surface area contributed by atoms with Crippen LogP contribution in [-0.4, -0.2) is 11.3 Å². The maximum absolute atomic E-state index is 11.9. The molecule has 15 heavy (non-hydrogen) atoms. The smallest absolute Gasteiger partial charge is 0.402 e. The van der Waals surface area contributed by atoms with Crippen LogP contribution in [0.15, 0.2) is 10.9 Å². The van der Waals surface area contributed by atoms with E-state index in [4.69, 9.17) is 11.5 Å². The number of halogens is 3. The lowest BCUT2D eigenvalue weighted by Gasteiger charge is -2.13. The summed E-state index contributed by atoms with van der Waals surface area (Å²) < 4.78 is 39.4. The monoisotopic (exact) mass is 223 g/mol. The van der Waals surface area contributed by atoms with Gasteiger partial charge in [0.2, 0.25) is 5.56 Å². The van der Waals surface area contributed by atoms with E-state index in [0.29, 0.717) is 0 Å². The number of hydrogen-bond acceptors (Lipinski definition) is 4. The second-order valence-corrected chi connectivity index (χ2v) is 2.65. The summed E-state index contributed by atoms with van der Waals surface area (Å²) in [5.41, 5.74) is 9.58. The Morgan fingerprint density at radius 3 is 2.53 bits per heavy atom. The summed E-state index contributed by atoms with van der Waals surface area (Å²) in [6.07, 6.45) is -4.88. The van der Waals surface area contributed by atoms with E-state index in [1.54, 1.807) is 0 Å². The number of H-pyrrole nitrogens is 1. The molecule has 0 aliphatic rings. The molecule has 0 aliphatic heterocycles. The summed E-state index contributed by atoms with van der Waals surface area (Å²) in [6.45, 7) is -0.278. The fourth-order valence-corrected chi connectivity index (χ4v) is 1.01. The lowest BCUT2D eigenvalue weighted by Crippen LogP contribution is -2.22. The highest BCUT2D eigenvalue weighted by molar-refractivity contribution is 5.50. The molecule has 1 aromatic rings. The van der Waals surface area contributed by atoms with Gasteiger partial charge in [-0.1, -0.05) is 0 Å². The fraction of sp³-hybridized carbons (Fsp3) is 0.286. The average Bonchev–Trinajstić information content (AvgIpc) is 2.07. The number of hydrogen-bond donors (Lipinski definition) is 3. The zero-order valence-corrected chi connectivity index (χ0v) is 7.39. The van der Waals surface area contributed by atoms with E-state index < -0.39 is 23.5 Å². The van der Waals surface area contributed by atoms with Gasteiger partial charge < -0.3 is 21.2 Å². The number of alkyl halides is 3. The van der Waals surface area contributed by atoms with Crippen molar-refractivity contribution in [3.63, 3.8) is 0 Å². The number of aromatic nitrogens is 1. The second kappa shape index (κ2) is 3.81. The van der Waals surface area contributed by atoms with Crippen molar-refractivity contribution in [3.8, 4) is 5.75 Å². The first-order valence-electron chi connectivity index (χ1n) is 3.81. The number of nitrogens with two attached hydrogens (primary N) is 2. The maximum atomic E-state index is 11.9. The SMILES string of the molecule is NCc1cc(=O)[nH]c(N)c1OC(F)(F)F. The quantitative estimate of drug-likeness (QED) is 0.672. The molecule has 0 amide bonds. The van der Waals surface area contributed by atoms with Crippen LogP contribution in [0.25, 0.3) is 0 Å². The van der Waals surface area contributed by atoms with Crippen LogP contribution in [0, 0.1) is 0 Å². The summed E-state index contributed by atoms with van der Waals surface area (Å²) >= 11 is 0. The molecule has 0 atom stereocenters. The fourth-order valence-electron chi connectivity index (χ4n) is 1.01. The van der Waals surface area contributed by atoms with Gasteiger partial charge in [-0.3, -0.25) is 4.79 Å². The van der Waals surface area contributed by atoms with E-state index in [1.165, 1.54) is 0 Å². The van der Waals surface area contributed by atoms with Crippen molar-refractivity contribution in [3.05, 3.63) is 22.0 Å². The summed E-state index contributed by atoms with van der Waals surface area (Å²) in [7, 11) is 0. The molecule has 5 N–H and O–H groups in total. The van der Waals surface area contributed by atoms with Crippen molar-refractivity contribution in [2.75, 3.05) is 5.73 Å². The molecule has 0 unspecified atom stereocenters. The zero-order valence-electron chi connectivity index (χ0n) is 7.39. The van der Waals surface area contributed by atoms with Gasteiger partial charge in [0.15, 0.2) is 5.75 Å². The van der Waals surface area contributed by atoms with Crippen LogP contribution in [0.2, 0.25) is 0 Å². The van der Waals surface area contributed by atoms with Crippen molar-refractivity contribution in [2.24, 2.45) is 5.73 Å². The minimum absolute atomic E-state index is 0.103. The first kappa shape index (κ1) is 11.4. The molecular weight excluding hydrogens is 215 g/mol. The van der Waals surface area contributed by atoms with Crippen LogP contribution >= 0.6 is 0 Å². The van der Waals surface area contributed by atoms with Crippen molar-refractivity contribution in [1.82, 2.24) is 4.98 Å². The maximum Gasteiger partial charge on any atom is 0.573 e. The van der Waals surface area contributed by atoms with E-state index in [-0.39, 0.29) is 12.1 Å². The van der Waals surface area contributed by atoms with E-state index >= 15 is 0 Å². The number of aromatic amines is 1. The molecule has 0 aliphatic carbocycles. The van der Waals surface area contributed by atoms with Gasteiger partial charge in [0.05, 0.1) is 0 Å². The molecule has 0 fully saturated rings. The minimum Gasteiger partial charge on any atom is -0.402 e. The van der Waals surface area contributed by atoms with Gasteiger partial charge in [0.1, 0.15) is 5.82 Å². The number of nitrogens with one attached hydrogen (secondary N) is 1. The van der Waals surface area contributed by atoms with E-state index in [0.717, 1.165) is 6.07 Å². The Bertz CT molecular complexity index is 413. The largest absolute Gasteiger partial charge is 0.573 e. The van der Waals surface area contributed by atoms with Crippen molar-refractivity contribution < 1.29 is 17.9 Å². The summed E-state index contributed by atoms with van der Waals surface area (Å²) in [4.78, 5) is 12.8. The Hall–Kier alpha value is -1.70. The molecule has 1 rings (SSSR count). The average molecular weight is 223 g/mol. The minimum atomic E-state index is -4.88. The number of pyridine rings is 1. The van der Waals surface area contributed by atoms with E-state index in [1.807, 2.05) is 4.98 Å². The predicted molar refractivity (Wildman–Crippen MR) is 46.0 cm³/mol. The Labute approximate surface area is 81.8 Å². The summed E-state index contributed by atoms with van der Waals surface area (Å²) in [5, 5.41) is 0. The molecule has 0 radical (unpaired) electrons. The van der Waals surface area contributed by atoms with Crippen molar-refractivity contribution in [1.29, 1.82) is 0 Å². The van der Waals surface area contributed by atoms with Gasteiger partial charge in [0, 0.05) is 18.2 Å². The molecule has 8 heteroatoms. The molecule has 0 aromatic carbocycles. The molecule has 5 nitrogen and oxygen atoms in total. The third-order valence-corrected chi connectivity index (χ3v) is 1.54. The van der Waals surface area contributed by atoms with Gasteiger partial charge in [-0.05, 0) is 0 Å². The van der Waals surface area contributed by atoms with Crippen LogP contribution in [0.3, 0.4) is 0 Å².